The topological polar surface area (TPSA) is 37.0 Å². The monoisotopic (exact) mass is 260 g/mol. The van der Waals surface area contributed by atoms with Crippen LogP contribution in [0.15, 0.2) is 24.4 Å². The van der Waals surface area contributed by atoms with Gasteiger partial charge in [-0.05, 0) is 64.4 Å². The number of H-pyrrole nitrogens is 1. The van der Waals surface area contributed by atoms with Gasteiger partial charge in [0, 0.05) is 22.6 Å². The van der Waals surface area contributed by atoms with Crippen LogP contribution in [-0.2, 0) is 6.42 Å². The summed E-state index contributed by atoms with van der Waals surface area (Å²) in [4.78, 5) is 3.32. The van der Waals surface area contributed by atoms with Crippen LogP contribution in [0.2, 0.25) is 0 Å². The summed E-state index contributed by atoms with van der Waals surface area (Å²) in [6, 6.07) is 6.22. The summed E-state index contributed by atoms with van der Waals surface area (Å²) in [7, 11) is 0. The van der Waals surface area contributed by atoms with Crippen LogP contribution in [-0.4, -0.2) is 23.7 Å². The third-order valence-corrected chi connectivity index (χ3v) is 3.10. The van der Waals surface area contributed by atoms with Gasteiger partial charge >= 0.3 is 0 Å². The second kappa shape index (κ2) is 5.66. The first-order valence-corrected chi connectivity index (χ1v) is 6.97. The number of aromatic amines is 1. The Labute approximate surface area is 115 Å². The highest BCUT2D eigenvalue weighted by Gasteiger charge is 2.09. The molecule has 1 aromatic heterocycles. The molecule has 3 nitrogen and oxygen atoms in total. The Morgan fingerprint density at radius 1 is 1.26 bits per heavy atom. The van der Waals surface area contributed by atoms with E-state index in [0.29, 0.717) is 6.61 Å². The molecule has 0 amide bonds. The van der Waals surface area contributed by atoms with Crippen molar-refractivity contribution < 1.29 is 4.74 Å². The van der Waals surface area contributed by atoms with Gasteiger partial charge in [0.25, 0.3) is 0 Å². The summed E-state index contributed by atoms with van der Waals surface area (Å²) >= 11 is 0. The fourth-order valence-electron chi connectivity index (χ4n) is 2.19. The molecule has 19 heavy (non-hydrogen) atoms. The van der Waals surface area contributed by atoms with Crippen molar-refractivity contribution >= 4 is 10.9 Å². The van der Waals surface area contributed by atoms with Crippen molar-refractivity contribution in [2.75, 3.05) is 13.2 Å². The number of benzene rings is 1. The van der Waals surface area contributed by atoms with Crippen LogP contribution in [0.5, 0.6) is 5.75 Å². The number of hydrogen-bond acceptors (Lipinski definition) is 2. The van der Waals surface area contributed by atoms with E-state index in [1.54, 1.807) is 0 Å². The van der Waals surface area contributed by atoms with Gasteiger partial charge in [-0.1, -0.05) is 0 Å². The zero-order chi connectivity index (χ0) is 13.9. The SMILES string of the molecule is CCOc1ccc2[nH]cc(CCNC(C)(C)C)c2c1. The van der Waals surface area contributed by atoms with E-state index in [-0.39, 0.29) is 5.54 Å². The number of nitrogens with one attached hydrogen (secondary N) is 2. The molecule has 2 aromatic rings. The van der Waals surface area contributed by atoms with Crippen molar-refractivity contribution in [2.24, 2.45) is 0 Å². The highest BCUT2D eigenvalue weighted by atomic mass is 16.5. The van der Waals surface area contributed by atoms with Gasteiger partial charge in [-0.15, -0.1) is 0 Å². The molecule has 1 aromatic carbocycles. The number of hydrogen-bond donors (Lipinski definition) is 2. The van der Waals surface area contributed by atoms with E-state index in [9.17, 15) is 0 Å². The maximum atomic E-state index is 5.57. The van der Waals surface area contributed by atoms with Crippen LogP contribution in [0.25, 0.3) is 10.9 Å². The molecule has 0 unspecified atom stereocenters. The van der Waals surface area contributed by atoms with Gasteiger partial charge in [0.1, 0.15) is 5.75 Å². The molecule has 0 aliphatic rings. The molecule has 0 radical (unpaired) electrons. The summed E-state index contributed by atoms with van der Waals surface area (Å²) < 4.78 is 5.57. The van der Waals surface area contributed by atoms with E-state index in [0.717, 1.165) is 18.7 Å². The summed E-state index contributed by atoms with van der Waals surface area (Å²) in [5, 5.41) is 4.78. The highest BCUT2D eigenvalue weighted by molar-refractivity contribution is 5.84. The Bertz CT molecular complexity index is 537. The van der Waals surface area contributed by atoms with Crippen molar-refractivity contribution in [3.63, 3.8) is 0 Å². The van der Waals surface area contributed by atoms with E-state index in [1.165, 1.54) is 16.5 Å². The van der Waals surface area contributed by atoms with Gasteiger partial charge in [-0.3, -0.25) is 0 Å². The number of fused-ring (bicyclic) bond motifs is 1. The predicted octanol–water partition coefficient (Wildman–Crippen LogP) is 3.50. The van der Waals surface area contributed by atoms with Crippen molar-refractivity contribution in [3.8, 4) is 5.75 Å². The molecule has 2 rings (SSSR count). The molecule has 104 valence electrons. The smallest absolute Gasteiger partial charge is 0.120 e. The van der Waals surface area contributed by atoms with Crippen LogP contribution < -0.4 is 10.1 Å². The first kappa shape index (κ1) is 13.9. The lowest BCUT2D eigenvalue weighted by Crippen LogP contribution is -2.37. The molecule has 0 aliphatic carbocycles. The fraction of sp³-hybridized carbons (Fsp3) is 0.500. The van der Waals surface area contributed by atoms with E-state index in [4.69, 9.17) is 4.74 Å². The average molecular weight is 260 g/mol. The Balaban J connectivity index is 2.12. The third-order valence-electron chi connectivity index (χ3n) is 3.10. The molecule has 0 saturated heterocycles. The molecule has 0 atom stereocenters. The minimum Gasteiger partial charge on any atom is -0.494 e. The lowest BCUT2D eigenvalue weighted by Gasteiger charge is -2.20. The first-order chi connectivity index (χ1) is 8.99. The molecule has 0 bridgehead atoms. The van der Waals surface area contributed by atoms with Crippen molar-refractivity contribution in [3.05, 3.63) is 30.0 Å². The second-order valence-electron chi connectivity index (χ2n) is 5.88. The predicted molar refractivity (Wildman–Crippen MR) is 80.9 cm³/mol. The summed E-state index contributed by atoms with van der Waals surface area (Å²) in [6.45, 7) is 10.3. The van der Waals surface area contributed by atoms with Crippen LogP contribution in [0.1, 0.15) is 33.3 Å². The number of rotatable bonds is 5. The largest absolute Gasteiger partial charge is 0.494 e. The van der Waals surface area contributed by atoms with Gasteiger partial charge < -0.3 is 15.0 Å². The maximum absolute atomic E-state index is 5.57. The fourth-order valence-corrected chi connectivity index (χ4v) is 2.19. The molecule has 0 aliphatic heterocycles. The van der Waals surface area contributed by atoms with E-state index in [2.05, 4.69) is 49.4 Å². The zero-order valence-corrected chi connectivity index (χ0v) is 12.3. The molecule has 0 fully saturated rings. The van der Waals surface area contributed by atoms with Crippen LogP contribution >= 0.6 is 0 Å². The van der Waals surface area contributed by atoms with Crippen molar-refractivity contribution in [1.82, 2.24) is 10.3 Å². The molecule has 1 heterocycles. The van der Waals surface area contributed by atoms with E-state index in [1.807, 2.05) is 13.0 Å². The zero-order valence-electron chi connectivity index (χ0n) is 12.3. The van der Waals surface area contributed by atoms with Crippen LogP contribution in [0, 0.1) is 0 Å². The lowest BCUT2D eigenvalue weighted by molar-refractivity contribution is 0.340. The van der Waals surface area contributed by atoms with Crippen molar-refractivity contribution in [2.45, 2.75) is 39.7 Å². The molecule has 0 spiro atoms. The van der Waals surface area contributed by atoms with Gasteiger partial charge in [0.15, 0.2) is 0 Å². The third kappa shape index (κ3) is 3.74. The normalized spacial score (nSPS) is 12.0. The van der Waals surface area contributed by atoms with Gasteiger partial charge in [-0.2, -0.15) is 0 Å². The Morgan fingerprint density at radius 2 is 2.05 bits per heavy atom. The second-order valence-corrected chi connectivity index (χ2v) is 5.88. The van der Waals surface area contributed by atoms with Crippen LogP contribution in [0.4, 0.5) is 0 Å². The van der Waals surface area contributed by atoms with Crippen molar-refractivity contribution in [1.29, 1.82) is 0 Å². The van der Waals surface area contributed by atoms with E-state index >= 15 is 0 Å². The summed E-state index contributed by atoms with van der Waals surface area (Å²) in [6.07, 6.45) is 3.12. The Kier molecular flexibility index (Phi) is 4.15. The lowest BCUT2D eigenvalue weighted by atomic mass is 10.1. The van der Waals surface area contributed by atoms with Gasteiger partial charge in [-0.25, -0.2) is 0 Å². The number of ether oxygens (including phenoxy) is 1. The molecule has 0 saturated carbocycles. The highest BCUT2D eigenvalue weighted by Crippen LogP contribution is 2.24. The summed E-state index contributed by atoms with van der Waals surface area (Å²) in [5.41, 5.74) is 2.69. The molecular formula is C16H24N2O. The van der Waals surface area contributed by atoms with Crippen LogP contribution in [0.3, 0.4) is 0 Å². The average Bonchev–Trinajstić information content (AvgIpc) is 2.71. The molecule has 3 heteroatoms. The Hall–Kier alpha value is -1.48. The molecular weight excluding hydrogens is 236 g/mol. The minimum absolute atomic E-state index is 0.169. The maximum Gasteiger partial charge on any atom is 0.120 e. The van der Waals surface area contributed by atoms with Gasteiger partial charge in [0.2, 0.25) is 0 Å². The minimum atomic E-state index is 0.169. The first-order valence-electron chi connectivity index (χ1n) is 6.97. The number of aromatic nitrogens is 1. The quantitative estimate of drug-likeness (QED) is 0.863. The van der Waals surface area contributed by atoms with E-state index < -0.39 is 0 Å². The van der Waals surface area contributed by atoms with Gasteiger partial charge in [0.05, 0.1) is 6.61 Å². The standard InChI is InChI=1S/C16H24N2O/c1-5-19-13-6-7-15-14(10-13)12(11-17-15)8-9-18-16(2,3)4/h6-7,10-11,17-18H,5,8-9H2,1-4H3. The Morgan fingerprint density at radius 3 is 2.74 bits per heavy atom. The molecule has 2 N–H and O–H groups in total. The summed E-state index contributed by atoms with van der Waals surface area (Å²) in [5.74, 6) is 0.944.